The van der Waals surface area contributed by atoms with Gasteiger partial charge in [-0.05, 0) is 24.6 Å². The van der Waals surface area contributed by atoms with Gasteiger partial charge in [-0.2, -0.15) is 0 Å². The van der Waals surface area contributed by atoms with Crippen molar-refractivity contribution in [1.29, 1.82) is 0 Å². The molecular formula is C16H22BrClN2O. The molecule has 0 spiro atoms. The van der Waals surface area contributed by atoms with Gasteiger partial charge in [-0.3, -0.25) is 4.79 Å². The predicted octanol–water partition coefficient (Wildman–Crippen LogP) is 3.94. The highest BCUT2D eigenvalue weighted by Gasteiger charge is 2.25. The smallest absolute Gasteiger partial charge is 0.236 e. The van der Waals surface area contributed by atoms with Crippen LogP contribution in [0.4, 0.5) is 5.69 Å². The van der Waals surface area contributed by atoms with Gasteiger partial charge in [-0.25, -0.2) is 0 Å². The number of unbranched alkanes of at least 4 members (excludes halogenated alkanes) is 1. The first-order chi connectivity index (χ1) is 10.1. The molecule has 1 unspecified atom stereocenters. The fraction of sp³-hybridized carbons (Fsp3) is 0.562. The van der Waals surface area contributed by atoms with Gasteiger partial charge >= 0.3 is 0 Å². The molecule has 1 aliphatic heterocycles. The lowest BCUT2D eigenvalue weighted by molar-refractivity contribution is -0.130. The molecule has 1 amide bonds. The molecule has 1 aromatic carbocycles. The van der Waals surface area contributed by atoms with Crippen LogP contribution in [0.1, 0.15) is 26.2 Å². The SMILES string of the molecule is CCCCC(Br)C(=O)N1CCN(c2cccc(Cl)c2)CC1. The molecule has 0 radical (unpaired) electrons. The number of hydrogen-bond donors (Lipinski definition) is 0. The second-order valence-electron chi connectivity index (χ2n) is 5.40. The van der Waals surface area contributed by atoms with Crippen molar-refractivity contribution in [2.45, 2.75) is 31.0 Å². The van der Waals surface area contributed by atoms with Crippen molar-refractivity contribution >= 4 is 39.1 Å². The van der Waals surface area contributed by atoms with E-state index in [1.165, 1.54) is 0 Å². The molecule has 0 aromatic heterocycles. The third kappa shape index (κ3) is 4.62. The first-order valence-electron chi connectivity index (χ1n) is 7.55. The number of piperazine rings is 1. The second kappa shape index (κ2) is 8.04. The van der Waals surface area contributed by atoms with E-state index >= 15 is 0 Å². The molecule has 1 saturated heterocycles. The second-order valence-corrected chi connectivity index (χ2v) is 6.94. The Morgan fingerprint density at radius 2 is 2.05 bits per heavy atom. The Hall–Kier alpha value is -0.740. The van der Waals surface area contributed by atoms with Crippen molar-refractivity contribution in [3.8, 4) is 0 Å². The summed E-state index contributed by atoms with van der Waals surface area (Å²) in [6, 6.07) is 7.90. The fourth-order valence-corrected chi connectivity index (χ4v) is 3.36. The van der Waals surface area contributed by atoms with Gasteiger partial charge in [0.2, 0.25) is 5.91 Å². The maximum absolute atomic E-state index is 12.3. The maximum Gasteiger partial charge on any atom is 0.236 e. The van der Waals surface area contributed by atoms with Gasteiger partial charge in [0.05, 0.1) is 4.83 Å². The summed E-state index contributed by atoms with van der Waals surface area (Å²) < 4.78 is 0. The quantitative estimate of drug-likeness (QED) is 0.730. The Labute approximate surface area is 140 Å². The number of hydrogen-bond acceptors (Lipinski definition) is 2. The van der Waals surface area contributed by atoms with Gasteiger partial charge in [0.25, 0.3) is 0 Å². The third-order valence-corrected chi connectivity index (χ3v) is 4.93. The summed E-state index contributed by atoms with van der Waals surface area (Å²) in [7, 11) is 0. The Morgan fingerprint density at radius 1 is 1.33 bits per heavy atom. The lowest BCUT2D eigenvalue weighted by Gasteiger charge is -2.37. The highest BCUT2D eigenvalue weighted by molar-refractivity contribution is 9.10. The lowest BCUT2D eigenvalue weighted by atomic mass is 10.1. The minimum atomic E-state index is -0.0323. The summed E-state index contributed by atoms with van der Waals surface area (Å²) in [6.45, 7) is 5.42. The van der Waals surface area contributed by atoms with E-state index in [-0.39, 0.29) is 10.7 Å². The molecule has 1 atom stereocenters. The zero-order valence-electron chi connectivity index (χ0n) is 12.4. The molecule has 0 bridgehead atoms. The normalized spacial score (nSPS) is 16.9. The summed E-state index contributed by atoms with van der Waals surface area (Å²) in [6.07, 6.45) is 3.13. The number of nitrogens with zero attached hydrogens (tertiary/aromatic N) is 2. The highest BCUT2D eigenvalue weighted by Crippen LogP contribution is 2.22. The largest absolute Gasteiger partial charge is 0.368 e. The minimum Gasteiger partial charge on any atom is -0.368 e. The number of alkyl halides is 1. The van der Waals surface area contributed by atoms with E-state index in [9.17, 15) is 4.79 Å². The number of rotatable bonds is 5. The fourth-order valence-electron chi connectivity index (χ4n) is 2.56. The van der Waals surface area contributed by atoms with Crippen LogP contribution in [-0.2, 0) is 4.79 Å². The van der Waals surface area contributed by atoms with Gasteiger partial charge in [0.15, 0.2) is 0 Å². The zero-order chi connectivity index (χ0) is 15.2. The Kier molecular flexibility index (Phi) is 6.37. The highest BCUT2D eigenvalue weighted by atomic mass is 79.9. The predicted molar refractivity (Wildman–Crippen MR) is 92.5 cm³/mol. The Balaban J connectivity index is 1.87. The number of halogens is 2. The van der Waals surface area contributed by atoms with Gasteiger partial charge in [0, 0.05) is 36.9 Å². The third-order valence-electron chi connectivity index (χ3n) is 3.84. The number of anilines is 1. The molecule has 0 N–H and O–H groups in total. The molecule has 0 saturated carbocycles. The van der Waals surface area contributed by atoms with E-state index in [1.54, 1.807) is 0 Å². The molecule has 2 rings (SSSR count). The van der Waals surface area contributed by atoms with E-state index in [1.807, 2.05) is 23.1 Å². The van der Waals surface area contributed by atoms with Crippen LogP contribution >= 0.6 is 27.5 Å². The number of carbonyl (C=O) groups excluding carboxylic acids is 1. The van der Waals surface area contributed by atoms with Crippen LogP contribution in [0, 0.1) is 0 Å². The Bertz CT molecular complexity index is 475. The molecule has 116 valence electrons. The van der Waals surface area contributed by atoms with Crippen LogP contribution in [0.15, 0.2) is 24.3 Å². The van der Waals surface area contributed by atoms with Crippen molar-refractivity contribution < 1.29 is 4.79 Å². The molecular weight excluding hydrogens is 352 g/mol. The van der Waals surface area contributed by atoms with Crippen molar-refractivity contribution in [2.24, 2.45) is 0 Å². The monoisotopic (exact) mass is 372 g/mol. The molecule has 3 nitrogen and oxygen atoms in total. The topological polar surface area (TPSA) is 23.6 Å². The van der Waals surface area contributed by atoms with Crippen molar-refractivity contribution in [3.63, 3.8) is 0 Å². The van der Waals surface area contributed by atoms with E-state index in [0.717, 1.165) is 56.2 Å². The van der Waals surface area contributed by atoms with Crippen molar-refractivity contribution in [2.75, 3.05) is 31.1 Å². The summed E-state index contributed by atoms with van der Waals surface area (Å²) in [5.74, 6) is 0.231. The minimum absolute atomic E-state index is 0.0323. The molecule has 21 heavy (non-hydrogen) atoms. The van der Waals surface area contributed by atoms with E-state index in [0.29, 0.717) is 0 Å². The van der Waals surface area contributed by atoms with Crippen LogP contribution < -0.4 is 4.90 Å². The van der Waals surface area contributed by atoms with Crippen molar-refractivity contribution in [1.82, 2.24) is 4.90 Å². The average Bonchev–Trinajstić information content (AvgIpc) is 2.52. The number of benzene rings is 1. The van der Waals surface area contributed by atoms with Crippen LogP contribution in [0.2, 0.25) is 5.02 Å². The van der Waals surface area contributed by atoms with E-state index < -0.39 is 0 Å². The molecule has 0 aliphatic carbocycles. The standard InChI is InChI=1S/C16H22BrClN2O/c1-2-3-7-15(17)16(21)20-10-8-19(9-11-20)14-6-4-5-13(18)12-14/h4-6,12,15H,2-3,7-11H2,1H3. The van der Waals surface area contributed by atoms with Crippen LogP contribution in [0.3, 0.4) is 0 Å². The maximum atomic E-state index is 12.3. The molecule has 1 aromatic rings. The summed E-state index contributed by atoms with van der Waals surface area (Å²) in [5, 5.41) is 0.756. The van der Waals surface area contributed by atoms with Crippen LogP contribution in [0.25, 0.3) is 0 Å². The van der Waals surface area contributed by atoms with Crippen LogP contribution in [-0.4, -0.2) is 41.8 Å². The molecule has 1 aliphatic rings. The van der Waals surface area contributed by atoms with Gasteiger partial charge in [-0.1, -0.05) is 53.4 Å². The van der Waals surface area contributed by atoms with Crippen molar-refractivity contribution in [3.05, 3.63) is 29.3 Å². The number of amides is 1. The average molecular weight is 374 g/mol. The molecule has 1 heterocycles. The van der Waals surface area contributed by atoms with E-state index in [4.69, 9.17) is 11.6 Å². The summed E-state index contributed by atoms with van der Waals surface area (Å²) in [4.78, 5) is 16.6. The molecule has 1 fully saturated rings. The van der Waals surface area contributed by atoms with Crippen LogP contribution in [0.5, 0.6) is 0 Å². The van der Waals surface area contributed by atoms with Gasteiger partial charge < -0.3 is 9.80 Å². The zero-order valence-corrected chi connectivity index (χ0v) is 14.7. The summed E-state index contributed by atoms with van der Waals surface area (Å²) in [5.41, 5.74) is 1.14. The Morgan fingerprint density at radius 3 is 2.67 bits per heavy atom. The first kappa shape index (κ1) is 16.6. The van der Waals surface area contributed by atoms with Gasteiger partial charge in [-0.15, -0.1) is 0 Å². The first-order valence-corrected chi connectivity index (χ1v) is 8.84. The lowest BCUT2D eigenvalue weighted by Crippen LogP contribution is -2.50. The molecule has 5 heteroatoms. The van der Waals surface area contributed by atoms with E-state index in [2.05, 4.69) is 33.8 Å². The van der Waals surface area contributed by atoms with Gasteiger partial charge in [0.1, 0.15) is 0 Å². The number of carbonyl (C=O) groups is 1. The summed E-state index contributed by atoms with van der Waals surface area (Å²) >= 11 is 9.56.